The van der Waals surface area contributed by atoms with Crippen LogP contribution in [0.3, 0.4) is 0 Å². The molecule has 2 aliphatic carbocycles. The zero-order chi connectivity index (χ0) is 30.4. The summed E-state index contributed by atoms with van der Waals surface area (Å²) in [6.45, 7) is -0.620. The van der Waals surface area contributed by atoms with E-state index >= 15 is 0 Å². The number of fused-ring (bicyclic) bond motifs is 5. The summed E-state index contributed by atoms with van der Waals surface area (Å²) in [5, 5.41) is 23.6. The predicted octanol–water partition coefficient (Wildman–Crippen LogP) is 4.57. The number of imide groups is 1. The molecule has 4 atom stereocenters. The van der Waals surface area contributed by atoms with E-state index in [9.17, 15) is 39.4 Å². The van der Waals surface area contributed by atoms with Crippen molar-refractivity contribution in [3.63, 3.8) is 0 Å². The van der Waals surface area contributed by atoms with Gasteiger partial charge in [-0.1, -0.05) is 0 Å². The molecule has 3 aromatic rings. The molecule has 0 spiro atoms. The summed E-state index contributed by atoms with van der Waals surface area (Å²) < 4.78 is 5.69. The van der Waals surface area contributed by atoms with Crippen LogP contribution >= 0.6 is 0 Å². The maximum atomic E-state index is 13.7. The Morgan fingerprint density at radius 3 is 1.67 bits per heavy atom. The highest BCUT2D eigenvalue weighted by atomic mass is 16.6. The topological polar surface area (TPSA) is 170 Å². The van der Waals surface area contributed by atoms with E-state index < -0.39 is 51.7 Å². The van der Waals surface area contributed by atoms with Crippen molar-refractivity contribution in [2.75, 3.05) is 6.54 Å². The van der Waals surface area contributed by atoms with E-state index in [1.54, 1.807) is 0 Å². The molecule has 6 rings (SSSR count). The lowest BCUT2D eigenvalue weighted by Gasteiger charge is -2.30. The number of nitrogens with zero attached hydrogens (tertiary/aromatic N) is 4. The number of carbonyl (C=O) groups is 4. The van der Waals surface area contributed by atoms with E-state index in [0.717, 1.165) is 41.4 Å². The minimum Gasteiger partial charge on any atom is -0.457 e. The number of hydrazine groups is 1. The molecule has 3 aliphatic rings. The molecule has 13 heteroatoms. The number of rotatable bonds is 9. The molecule has 3 aromatic carbocycles. The Hall–Kier alpha value is -5.46. The minimum absolute atomic E-state index is 0.0223. The Balaban J connectivity index is 1.24. The number of nitro benzene ring substituents is 2. The third kappa shape index (κ3) is 4.98. The Bertz CT molecular complexity index is 1630. The lowest BCUT2D eigenvalue weighted by Crippen LogP contribution is -2.52. The van der Waals surface area contributed by atoms with Crippen LogP contribution in [0.2, 0.25) is 0 Å². The van der Waals surface area contributed by atoms with Crippen molar-refractivity contribution in [1.82, 2.24) is 10.0 Å². The molecule has 1 aliphatic heterocycles. The molecule has 1 saturated heterocycles. The number of Topliss-reactive ketones (excluding diaryl/α,β-unsaturated/α-hetero) is 1. The molecule has 2 bridgehead atoms. The quantitative estimate of drug-likeness (QED) is 0.151. The van der Waals surface area contributed by atoms with E-state index in [1.165, 1.54) is 60.7 Å². The van der Waals surface area contributed by atoms with Gasteiger partial charge in [0, 0.05) is 35.4 Å². The molecule has 3 fully saturated rings. The van der Waals surface area contributed by atoms with Gasteiger partial charge in [-0.2, -0.15) is 5.01 Å². The number of hydrogen-bond acceptors (Lipinski definition) is 9. The Kier molecular flexibility index (Phi) is 6.92. The van der Waals surface area contributed by atoms with Gasteiger partial charge in [-0.3, -0.25) is 39.4 Å². The highest BCUT2D eigenvalue weighted by Crippen LogP contribution is 2.56. The number of benzene rings is 3. The molecular weight excluding hydrogens is 560 g/mol. The zero-order valence-electron chi connectivity index (χ0n) is 22.5. The highest BCUT2D eigenvalue weighted by molar-refractivity contribution is 6.10. The number of hydrogen-bond donors (Lipinski definition) is 0. The number of ether oxygens (including phenoxy) is 1. The lowest BCUT2D eigenvalue weighted by atomic mass is 9.81. The van der Waals surface area contributed by atoms with Crippen LogP contribution in [0.5, 0.6) is 11.5 Å². The second-order valence-corrected chi connectivity index (χ2v) is 10.8. The summed E-state index contributed by atoms with van der Waals surface area (Å²) >= 11 is 0. The molecule has 43 heavy (non-hydrogen) atoms. The molecule has 0 unspecified atom stereocenters. The van der Waals surface area contributed by atoms with Crippen molar-refractivity contribution in [3.05, 3.63) is 104 Å². The first-order valence-corrected chi connectivity index (χ1v) is 13.6. The number of carbonyl (C=O) groups excluding carboxylic acids is 4. The van der Waals surface area contributed by atoms with Crippen molar-refractivity contribution in [3.8, 4) is 11.5 Å². The van der Waals surface area contributed by atoms with Gasteiger partial charge in [0.1, 0.15) is 18.0 Å². The number of nitro groups is 2. The largest absolute Gasteiger partial charge is 0.457 e. The predicted molar refractivity (Wildman–Crippen MR) is 148 cm³/mol. The fraction of sp³-hybridized carbons (Fsp3) is 0.267. The van der Waals surface area contributed by atoms with Crippen molar-refractivity contribution in [1.29, 1.82) is 0 Å². The molecule has 3 amide bonds. The van der Waals surface area contributed by atoms with Gasteiger partial charge in [0.25, 0.3) is 29.1 Å². The third-order valence-electron chi connectivity index (χ3n) is 8.46. The normalized spacial score (nSPS) is 21.9. The fourth-order valence-electron chi connectivity index (χ4n) is 6.45. The van der Waals surface area contributed by atoms with E-state index in [2.05, 4.69) is 0 Å². The van der Waals surface area contributed by atoms with Crippen LogP contribution in [0.15, 0.2) is 72.8 Å². The SMILES string of the molecule is O=C(CN(C(=O)c1ccc([N+](=O)[O-])cc1)N1C(=O)[C@H]2[C@H]3CC[C@@H](C3)[C@@H]2C1=O)c1ccc(Oc2ccc([N+](=O)[O-])cc2)cc1. The van der Waals surface area contributed by atoms with Gasteiger partial charge >= 0.3 is 0 Å². The summed E-state index contributed by atoms with van der Waals surface area (Å²) in [4.78, 5) is 75.0. The van der Waals surface area contributed by atoms with Gasteiger partial charge < -0.3 is 4.74 Å². The highest BCUT2D eigenvalue weighted by Gasteiger charge is 2.62. The maximum Gasteiger partial charge on any atom is 0.273 e. The van der Waals surface area contributed by atoms with Gasteiger partial charge in [-0.25, -0.2) is 5.01 Å². The van der Waals surface area contributed by atoms with Crippen molar-refractivity contribution >= 4 is 34.9 Å². The average Bonchev–Trinajstić information content (AvgIpc) is 3.70. The van der Waals surface area contributed by atoms with Crippen LogP contribution in [-0.2, 0) is 9.59 Å². The second-order valence-electron chi connectivity index (χ2n) is 10.8. The molecule has 0 radical (unpaired) electrons. The van der Waals surface area contributed by atoms with E-state index in [-0.39, 0.29) is 34.3 Å². The zero-order valence-corrected chi connectivity index (χ0v) is 22.5. The fourth-order valence-corrected chi connectivity index (χ4v) is 6.45. The number of amides is 3. The van der Waals surface area contributed by atoms with Crippen LogP contribution in [0.25, 0.3) is 0 Å². The van der Waals surface area contributed by atoms with E-state index in [1.807, 2.05) is 0 Å². The van der Waals surface area contributed by atoms with Gasteiger partial charge in [0.2, 0.25) is 0 Å². The first-order valence-electron chi connectivity index (χ1n) is 13.6. The van der Waals surface area contributed by atoms with Gasteiger partial charge in [-0.15, -0.1) is 0 Å². The Labute approximate surface area is 243 Å². The summed E-state index contributed by atoms with van der Waals surface area (Å²) in [7, 11) is 0. The van der Waals surface area contributed by atoms with Gasteiger partial charge in [0.05, 0.1) is 21.7 Å². The third-order valence-corrected chi connectivity index (χ3v) is 8.46. The van der Waals surface area contributed by atoms with E-state index in [4.69, 9.17) is 4.74 Å². The van der Waals surface area contributed by atoms with Gasteiger partial charge in [0.15, 0.2) is 5.78 Å². The molecular formula is C30H24N4O9. The molecule has 13 nitrogen and oxygen atoms in total. The summed E-state index contributed by atoms with van der Waals surface area (Å²) in [5.74, 6) is -2.61. The summed E-state index contributed by atoms with van der Waals surface area (Å²) in [6, 6.07) is 16.1. The van der Waals surface area contributed by atoms with Crippen LogP contribution in [0, 0.1) is 43.9 Å². The molecule has 218 valence electrons. The van der Waals surface area contributed by atoms with Crippen molar-refractivity contribution in [2.45, 2.75) is 19.3 Å². The second kappa shape index (κ2) is 10.7. The molecule has 2 saturated carbocycles. The standard InChI is InChI=1S/C30H24N4O9/c35-25(17-5-11-23(12-6-17)43-24-13-9-22(10-14-24)34(41)42)16-31(28(36)18-3-7-21(8-4-18)33(39)40)32-29(37)26-19-1-2-20(15-19)27(26)30(32)38/h3-14,19-20,26-27H,1-2,15-16H2/t19-,20-,26-,27-/m0/s1. The molecule has 1 heterocycles. The summed E-state index contributed by atoms with van der Waals surface area (Å²) in [6.07, 6.45) is 2.47. The first kappa shape index (κ1) is 27.7. The first-order chi connectivity index (χ1) is 20.6. The van der Waals surface area contributed by atoms with Crippen LogP contribution in [0.4, 0.5) is 11.4 Å². The van der Waals surface area contributed by atoms with Crippen LogP contribution < -0.4 is 4.74 Å². The van der Waals surface area contributed by atoms with Gasteiger partial charge in [-0.05, 0) is 79.6 Å². The monoisotopic (exact) mass is 584 g/mol. The Morgan fingerprint density at radius 1 is 0.744 bits per heavy atom. The lowest BCUT2D eigenvalue weighted by molar-refractivity contribution is -0.385. The number of non-ortho nitro benzene ring substituents is 2. The minimum atomic E-state index is -0.810. The molecule has 0 aromatic heterocycles. The number of ketones is 1. The van der Waals surface area contributed by atoms with Crippen molar-refractivity contribution in [2.24, 2.45) is 23.7 Å². The van der Waals surface area contributed by atoms with Crippen LogP contribution in [0.1, 0.15) is 40.0 Å². The van der Waals surface area contributed by atoms with E-state index in [0.29, 0.717) is 11.5 Å². The maximum absolute atomic E-state index is 13.7. The summed E-state index contributed by atoms with van der Waals surface area (Å²) in [5.41, 5.74) is -0.176. The molecule has 0 N–H and O–H groups in total. The smallest absolute Gasteiger partial charge is 0.273 e. The average molecular weight is 585 g/mol. The Morgan fingerprint density at radius 2 is 1.19 bits per heavy atom. The van der Waals surface area contributed by atoms with Crippen molar-refractivity contribution < 1.29 is 33.8 Å². The van der Waals surface area contributed by atoms with Crippen LogP contribution in [-0.4, -0.2) is 49.9 Å².